The van der Waals surface area contributed by atoms with Crippen LogP contribution in [0.2, 0.25) is 5.02 Å². The van der Waals surface area contributed by atoms with E-state index in [2.05, 4.69) is 20.5 Å². The molecule has 2 atom stereocenters. The van der Waals surface area contributed by atoms with Crippen LogP contribution in [0.15, 0.2) is 47.4 Å². The van der Waals surface area contributed by atoms with Gasteiger partial charge in [0.05, 0.1) is 44.2 Å². The number of halogens is 1. The highest BCUT2D eigenvalue weighted by Gasteiger charge is 2.39. The number of hydrogen-bond donors (Lipinski definition) is 2. The minimum Gasteiger partial charge on any atom is -0.375 e. The zero-order chi connectivity index (χ0) is 23.9. The van der Waals surface area contributed by atoms with Crippen LogP contribution in [-0.4, -0.2) is 67.8 Å². The molecule has 3 aromatic rings. The summed E-state index contributed by atoms with van der Waals surface area (Å²) in [6, 6.07) is 10.6. The molecule has 2 bridgehead atoms. The van der Waals surface area contributed by atoms with Gasteiger partial charge in [0, 0.05) is 19.1 Å². The summed E-state index contributed by atoms with van der Waals surface area (Å²) < 4.78 is 32.0. The monoisotopic (exact) mass is 520 g/mol. The van der Waals surface area contributed by atoms with Gasteiger partial charge >= 0.3 is 6.03 Å². The van der Waals surface area contributed by atoms with Gasteiger partial charge in [-0.15, -0.1) is 0 Å². The van der Waals surface area contributed by atoms with Gasteiger partial charge in [0.15, 0.2) is 15.0 Å². The molecule has 0 saturated carbocycles. The Balaban J connectivity index is 1.24. The second kappa shape index (κ2) is 9.23. The number of sulfone groups is 1. The largest absolute Gasteiger partial charge is 0.375 e. The fraction of sp³-hybridized carbons (Fsp3) is 0.318. The molecule has 1 aromatic heterocycles. The number of morpholine rings is 1. The number of fused-ring (bicyclic) bond motifs is 3. The Labute approximate surface area is 205 Å². The van der Waals surface area contributed by atoms with E-state index in [1.165, 1.54) is 12.1 Å². The molecule has 0 radical (unpaired) electrons. The highest BCUT2D eigenvalue weighted by Crippen LogP contribution is 2.30. The average molecular weight is 521 g/mol. The van der Waals surface area contributed by atoms with E-state index in [1.807, 2.05) is 0 Å². The van der Waals surface area contributed by atoms with Gasteiger partial charge in [0.25, 0.3) is 5.91 Å². The molecule has 5 rings (SSSR count). The summed E-state index contributed by atoms with van der Waals surface area (Å²) in [5, 5.41) is 5.18. The normalized spacial score (nSPS) is 20.0. The summed E-state index contributed by atoms with van der Waals surface area (Å²) >= 11 is 7.11. The Morgan fingerprint density at radius 2 is 2.06 bits per heavy atom. The lowest BCUT2D eigenvalue weighted by Gasteiger charge is -2.26. The zero-order valence-corrected chi connectivity index (χ0v) is 20.3. The number of aromatic nitrogens is 1. The van der Waals surface area contributed by atoms with Crippen LogP contribution in [-0.2, 0) is 14.6 Å². The van der Waals surface area contributed by atoms with Gasteiger partial charge in [-0.3, -0.25) is 20.3 Å². The Bertz CT molecular complexity index is 1380. The van der Waals surface area contributed by atoms with Crippen LogP contribution in [0.1, 0.15) is 16.8 Å². The van der Waals surface area contributed by atoms with Crippen LogP contribution in [0.5, 0.6) is 0 Å². The molecule has 2 aliphatic rings. The molecular formula is C22H21ClN4O5S2. The molecule has 0 unspecified atom stereocenters. The molecule has 3 heterocycles. The standard InChI is InChI=1S/C22H21ClN4O5S2/c23-17-4-2-1-3-16(17)20(28)25-21(29)26-22-24-18-6-5-15(10-19(18)33-22)34(30,31)8-7-27-11-14-9-13(27)12-32-14/h1-6,10,13-14H,7-9,11-12H2,(H2,24,25,26,28,29)/t13-,14-/m0/s1. The molecule has 0 aliphatic carbocycles. The van der Waals surface area contributed by atoms with Crippen molar-refractivity contribution in [3.8, 4) is 0 Å². The van der Waals surface area contributed by atoms with Gasteiger partial charge in [-0.1, -0.05) is 35.1 Å². The summed E-state index contributed by atoms with van der Waals surface area (Å²) in [5.74, 6) is -0.617. The van der Waals surface area contributed by atoms with Crippen LogP contribution < -0.4 is 10.6 Å². The van der Waals surface area contributed by atoms with E-state index < -0.39 is 21.8 Å². The summed E-state index contributed by atoms with van der Waals surface area (Å²) in [6.45, 7) is 1.93. The second-order valence-corrected chi connectivity index (χ2v) is 11.7. The molecule has 3 amide bonds. The number of amides is 3. The van der Waals surface area contributed by atoms with Crippen LogP contribution in [0.4, 0.5) is 9.93 Å². The third-order valence-electron chi connectivity index (χ3n) is 5.95. The molecular weight excluding hydrogens is 500 g/mol. The van der Waals surface area contributed by atoms with Crippen LogP contribution >= 0.6 is 22.9 Å². The number of likely N-dealkylation sites (tertiary alicyclic amines) is 1. The number of benzene rings is 2. The van der Waals surface area contributed by atoms with Crippen molar-refractivity contribution in [3.05, 3.63) is 53.1 Å². The number of hydrogen-bond acceptors (Lipinski definition) is 8. The van der Waals surface area contributed by atoms with Gasteiger partial charge in [-0.05, 0) is 36.8 Å². The van der Waals surface area contributed by atoms with Crippen LogP contribution in [0, 0.1) is 0 Å². The van der Waals surface area contributed by atoms with E-state index in [-0.39, 0.29) is 32.5 Å². The SMILES string of the molecule is O=C(NC(=O)c1ccccc1Cl)Nc1nc2ccc(S(=O)(=O)CCN3C[C@@H]4C[C@H]3CO4)cc2s1. The van der Waals surface area contributed by atoms with E-state index in [0.717, 1.165) is 24.3 Å². The lowest BCUT2D eigenvalue weighted by molar-refractivity contribution is 0.0332. The maximum Gasteiger partial charge on any atom is 0.327 e. The fourth-order valence-corrected chi connectivity index (χ4v) is 6.68. The predicted molar refractivity (Wildman–Crippen MR) is 129 cm³/mol. The number of anilines is 1. The number of nitrogens with one attached hydrogen (secondary N) is 2. The van der Waals surface area contributed by atoms with Gasteiger partial charge < -0.3 is 4.74 Å². The summed E-state index contributed by atoms with van der Waals surface area (Å²) in [7, 11) is -3.48. The van der Waals surface area contributed by atoms with E-state index in [0.29, 0.717) is 29.4 Å². The predicted octanol–water partition coefficient (Wildman–Crippen LogP) is 3.16. The van der Waals surface area contributed by atoms with E-state index in [4.69, 9.17) is 16.3 Å². The number of carbonyl (C=O) groups excluding carboxylic acids is 2. The van der Waals surface area contributed by atoms with Gasteiger partial charge in [0.2, 0.25) is 0 Å². The Morgan fingerprint density at radius 1 is 1.24 bits per heavy atom. The Kier molecular flexibility index (Phi) is 6.30. The minimum atomic E-state index is -3.48. The third kappa shape index (κ3) is 4.80. The smallest absolute Gasteiger partial charge is 0.327 e. The molecule has 2 N–H and O–H groups in total. The third-order valence-corrected chi connectivity index (χ3v) is 8.90. The first-order valence-corrected chi connectivity index (χ1v) is 13.5. The van der Waals surface area contributed by atoms with Gasteiger partial charge in [-0.25, -0.2) is 18.2 Å². The highest BCUT2D eigenvalue weighted by atomic mass is 35.5. The maximum atomic E-state index is 12.9. The number of nitrogens with zero attached hydrogens (tertiary/aromatic N) is 2. The van der Waals surface area contributed by atoms with Crippen molar-refractivity contribution < 1.29 is 22.7 Å². The molecule has 12 heteroatoms. The summed E-state index contributed by atoms with van der Waals surface area (Å²) in [6.07, 6.45) is 1.20. The second-order valence-electron chi connectivity index (χ2n) is 8.20. The number of thiazole rings is 1. The van der Waals surface area contributed by atoms with E-state index in [1.54, 1.807) is 30.3 Å². The van der Waals surface area contributed by atoms with E-state index >= 15 is 0 Å². The van der Waals surface area contributed by atoms with Crippen molar-refractivity contribution in [1.82, 2.24) is 15.2 Å². The van der Waals surface area contributed by atoms with Gasteiger partial charge in [0.1, 0.15) is 0 Å². The number of carbonyl (C=O) groups is 2. The summed E-state index contributed by atoms with van der Waals surface area (Å²) in [5.41, 5.74) is 0.721. The van der Waals surface area contributed by atoms with E-state index in [9.17, 15) is 18.0 Å². The van der Waals surface area contributed by atoms with Crippen LogP contribution in [0.3, 0.4) is 0 Å². The average Bonchev–Trinajstić information content (AvgIpc) is 3.52. The van der Waals surface area contributed by atoms with Crippen molar-refractivity contribution >= 4 is 60.1 Å². The molecule has 2 aromatic carbocycles. The molecule has 0 spiro atoms. The van der Waals surface area contributed by atoms with Gasteiger partial charge in [-0.2, -0.15) is 0 Å². The van der Waals surface area contributed by atoms with Crippen LogP contribution in [0.25, 0.3) is 10.2 Å². The molecule has 2 saturated heterocycles. The lowest BCUT2D eigenvalue weighted by atomic mass is 10.2. The maximum absolute atomic E-state index is 12.9. The number of imide groups is 1. The number of ether oxygens (including phenoxy) is 1. The quantitative estimate of drug-likeness (QED) is 0.512. The van der Waals surface area contributed by atoms with Crippen molar-refractivity contribution in [1.29, 1.82) is 0 Å². The first-order valence-electron chi connectivity index (χ1n) is 10.6. The van der Waals surface area contributed by atoms with Crippen molar-refractivity contribution in [2.75, 3.05) is 30.8 Å². The van der Waals surface area contributed by atoms with Crippen molar-refractivity contribution in [2.45, 2.75) is 23.5 Å². The molecule has 2 aliphatic heterocycles. The minimum absolute atomic E-state index is 0.0260. The molecule has 178 valence electrons. The van der Waals surface area contributed by atoms with Crippen molar-refractivity contribution in [2.24, 2.45) is 0 Å². The zero-order valence-electron chi connectivity index (χ0n) is 17.9. The molecule has 9 nitrogen and oxygen atoms in total. The first kappa shape index (κ1) is 23.2. The number of urea groups is 1. The Hall–Kier alpha value is -2.57. The lowest BCUT2D eigenvalue weighted by Crippen LogP contribution is -2.39. The van der Waals surface area contributed by atoms with Crippen molar-refractivity contribution in [3.63, 3.8) is 0 Å². The topological polar surface area (TPSA) is 118 Å². The first-order chi connectivity index (χ1) is 16.3. The molecule has 34 heavy (non-hydrogen) atoms. The molecule has 2 fully saturated rings. The fourth-order valence-electron chi connectivity index (χ4n) is 4.20. The summed E-state index contributed by atoms with van der Waals surface area (Å²) in [4.78, 5) is 31.2. The highest BCUT2D eigenvalue weighted by molar-refractivity contribution is 7.91. The Morgan fingerprint density at radius 3 is 2.79 bits per heavy atom. The number of rotatable bonds is 6.